The number of hydrogen-bond acceptors (Lipinski definition) is 9. The largest absolute Gasteiger partial charge is 0.493 e. The van der Waals surface area contributed by atoms with Gasteiger partial charge in [-0.2, -0.15) is 0 Å². The Hall–Kier alpha value is -5.19. The summed E-state index contributed by atoms with van der Waals surface area (Å²) >= 11 is 0. The first-order valence-electron chi connectivity index (χ1n) is 18.1. The molecule has 53 heavy (non-hydrogen) atoms. The molecule has 0 aliphatic carbocycles. The zero-order valence-electron chi connectivity index (χ0n) is 31.9. The van der Waals surface area contributed by atoms with Crippen LogP contribution in [0.4, 0.5) is 5.69 Å². The molecule has 4 aromatic rings. The van der Waals surface area contributed by atoms with E-state index in [1.807, 2.05) is 38.1 Å². The Kier molecular flexibility index (Phi) is 10.3. The number of nitrogens with zero attached hydrogens (tertiary/aromatic N) is 2. The highest BCUT2D eigenvalue weighted by molar-refractivity contribution is 6.00. The van der Waals surface area contributed by atoms with Crippen LogP contribution in [0.1, 0.15) is 59.3 Å². The third-order valence-corrected chi connectivity index (χ3v) is 10.7. The highest BCUT2D eigenvalue weighted by atomic mass is 16.5. The Labute approximate surface area is 312 Å². The van der Waals surface area contributed by atoms with Crippen molar-refractivity contribution in [2.75, 3.05) is 60.9 Å². The smallest absolute Gasteiger partial charge is 0.248 e. The van der Waals surface area contributed by atoms with Crippen molar-refractivity contribution in [1.82, 2.24) is 9.80 Å². The van der Waals surface area contributed by atoms with Gasteiger partial charge in [0.1, 0.15) is 5.75 Å². The number of amides is 1. The maximum absolute atomic E-state index is 13.2. The molecule has 10 nitrogen and oxygen atoms in total. The minimum absolute atomic E-state index is 0.120. The van der Waals surface area contributed by atoms with E-state index in [4.69, 9.17) is 28.4 Å². The Balaban J connectivity index is 1.48. The topological polar surface area (TPSA) is 91.0 Å². The van der Waals surface area contributed by atoms with Gasteiger partial charge in [0.05, 0.1) is 28.4 Å². The van der Waals surface area contributed by atoms with Gasteiger partial charge in [-0.05, 0) is 118 Å². The van der Waals surface area contributed by atoms with Crippen LogP contribution in [0.2, 0.25) is 0 Å². The van der Waals surface area contributed by atoms with Crippen LogP contribution in [-0.4, -0.2) is 71.3 Å². The maximum atomic E-state index is 13.2. The van der Waals surface area contributed by atoms with E-state index in [9.17, 15) is 4.79 Å². The van der Waals surface area contributed by atoms with E-state index in [1.165, 1.54) is 16.7 Å². The number of nitrogens with one attached hydrogen (secondary N) is 1. The minimum Gasteiger partial charge on any atom is -0.493 e. The molecule has 1 N–H and O–H groups in total. The summed E-state index contributed by atoms with van der Waals surface area (Å²) in [5, 5.41) is 3.13. The molecule has 4 aliphatic rings. The molecule has 2 atom stereocenters. The molecule has 0 fully saturated rings. The Morgan fingerprint density at radius 2 is 1.38 bits per heavy atom. The lowest BCUT2D eigenvalue weighted by Crippen LogP contribution is -2.34. The Bertz CT molecular complexity index is 2050. The lowest BCUT2D eigenvalue weighted by molar-refractivity contribution is -0.112. The number of hydrogen-bond donors (Lipinski definition) is 1. The molecular weight excluding hydrogens is 670 g/mol. The standard InChI is InChI=1S/C43H49N3O7/c1-25(2)17-40(47)44-32-24-36(49-6)37-22-29(32)19-34-41-28(14-16-46(34)4)21-39(50-7)42(51-8)43(41)53-38-23-31-27(20-35(38)48-5)13-15-45(3)33(31)18-26-9-11-30(52-37)12-10-26/h9-12,17,20-24,33-34H,13-16,18-19H2,1-8H3,(H,44,47)/t33-,34-/m0/s1. The molecule has 0 radical (unpaired) electrons. The molecule has 4 heterocycles. The van der Waals surface area contributed by atoms with Gasteiger partial charge in [-0.1, -0.05) is 17.7 Å². The van der Waals surface area contributed by atoms with Crippen LogP contribution in [0.5, 0.6) is 46.0 Å². The SMILES string of the molecule is COc1cc(NC(=O)C=C(C)C)c2cc1Oc1ccc(cc1)C[C@H]1c3cc(c(OC)cc3CCN1C)Oc1c(OC)c(OC)cc3c1[C@H](C2)N(C)CC3. The summed E-state index contributed by atoms with van der Waals surface area (Å²) in [7, 11) is 10.9. The molecule has 10 heteroatoms. The molecule has 8 rings (SSSR count). The first-order valence-corrected chi connectivity index (χ1v) is 18.1. The third-order valence-electron chi connectivity index (χ3n) is 10.7. The molecule has 0 saturated carbocycles. The number of likely N-dealkylation sites (N-methyl/N-ethyl adjacent to an activating group) is 2. The van der Waals surface area contributed by atoms with Crippen LogP contribution in [0.15, 0.2) is 66.2 Å². The van der Waals surface area contributed by atoms with Gasteiger partial charge >= 0.3 is 0 Å². The summed E-state index contributed by atoms with van der Waals surface area (Å²) in [6, 6.07) is 18.3. The second kappa shape index (κ2) is 15.0. The first kappa shape index (κ1) is 36.2. The average Bonchev–Trinajstić information content (AvgIpc) is 3.14. The first-order chi connectivity index (χ1) is 25.6. The van der Waals surface area contributed by atoms with E-state index in [2.05, 4.69) is 59.5 Å². The van der Waals surface area contributed by atoms with Gasteiger partial charge in [-0.3, -0.25) is 14.6 Å². The molecule has 0 aromatic heterocycles. The summed E-state index contributed by atoms with van der Waals surface area (Å²) < 4.78 is 37.5. The van der Waals surface area contributed by atoms with Crippen molar-refractivity contribution in [3.05, 3.63) is 99.6 Å². The molecule has 4 aliphatic heterocycles. The maximum Gasteiger partial charge on any atom is 0.248 e. The van der Waals surface area contributed by atoms with Crippen molar-refractivity contribution in [3.8, 4) is 46.0 Å². The van der Waals surface area contributed by atoms with E-state index >= 15 is 0 Å². The zero-order valence-corrected chi connectivity index (χ0v) is 31.9. The van der Waals surface area contributed by atoms with E-state index < -0.39 is 0 Å². The van der Waals surface area contributed by atoms with Gasteiger partial charge < -0.3 is 33.7 Å². The predicted molar refractivity (Wildman–Crippen MR) is 206 cm³/mol. The summed E-state index contributed by atoms with van der Waals surface area (Å²) in [5.41, 5.74) is 8.12. The average molecular weight is 720 g/mol. The highest BCUT2D eigenvalue weighted by Crippen LogP contribution is 2.52. The van der Waals surface area contributed by atoms with Crippen LogP contribution in [-0.2, 0) is 30.5 Å². The number of fused-ring (bicyclic) bond motifs is 2. The highest BCUT2D eigenvalue weighted by Gasteiger charge is 2.35. The quantitative estimate of drug-likeness (QED) is 0.199. The second-order valence-corrected chi connectivity index (χ2v) is 14.3. The number of methoxy groups -OCH3 is 4. The van der Waals surface area contributed by atoms with E-state index in [-0.39, 0.29) is 18.0 Å². The summed E-state index contributed by atoms with van der Waals surface area (Å²) in [6.07, 6.45) is 4.58. The van der Waals surface area contributed by atoms with Crippen molar-refractivity contribution in [2.45, 2.75) is 51.6 Å². The summed E-state index contributed by atoms with van der Waals surface area (Å²) in [6.45, 7) is 5.53. The van der Waals surface area contributed by atoms with Crippen molar-refractivity contribution in [2.24, 2.45) is 0 Å². The van der Waals surface area contributed by atoms with Crippen molar-refractivity contribution in [3.63, 3.8) is 0 Å². The van der Waals surface area contributed by atoms with Gasteiger partial charge in [0.15, 0.2) is 34.5 Å². The fourth-order valence-corrected chi connectivity index (χ4v) is 7.89. The molecular formula is C43H49N3O7. The molecule has 1 amide bonds. The van der Waals surface area contributed by atoms with Gasteiger partial charge in [-0.15, -0.1) is 0 Å². The van der Waals surface area contributed by atoms with Crippen LogP contribution in [0, 0.1) is 0 Å². The normalized spacial score (nSPS) is 18.0. The van der Waals surface area contributed by atoms with Crippen molar-refractivity contribution >= 4 is 11.6 Å². The van der Waals surface area contributed by atoms with E-state index in [0.29, 0.717) is 58.1 Å². The Morgan fingerprint density at radius 1 is 0.736 bits per heavy atom. The predicted octanol–water partition coefficient (Wildman–Crippen LogP) is 8.07. The van der Waals surface area contributed by atoms with E-state index in [0.717, 1.165) is 54.6 Å². The minimum atomic E-state index is -0.219. The summed E-state index contributed by atoms with van der Waals surface area (Å²) in [4.78, 5) is 17.9. The van der Waals surface area contributed by atoms with Gasteiger partial charge in [0.25, 0.3) is 0 Å². The number of carbonyl (C=O) groups excluding carboxylic acids is 1. The zero-order chi connectivity index (χ0) is 37.4. The van der Waals surface area contributed by atoms with Crippen LogP contribution in [0.3, 0.4) is 0 Å². The lowest BCUT2D eigenvalue weighted by atomic mass is 9.86. The number of rotatable bonds is 6. The van der Waals surface area contributed by atoms with Gasteiger partial charge in [-0.25, -0.2) is 0 Å². The Morgan fingerprint density at radius 3 is 2.06 bits per heavy atom. The number of anilines is 1. The number of carbonyl (C=O) groups is 1. The second-order valence-electron chi connectivity index (χ2n) is 14.3. The lowest BCUT2D eigenvalue weighted by Gasteiger charge is -2.37. The van der Waals surface area contributed by atoms with Gasteiger partial charge in [0, 0.05) is 48.6 Å². The van der Waals surface area contributed by atoms with Crippen LogP contribution in [0.25, 0.3) is 0 Å². The molecule has 278 valence electrons. The van der Waals surface area contributed by atoms with Crippen molar-refractivity contribution in [1.29, 1.82) is 0 Å². The summed E-state index contributed by atoms with van der Waals surface area (Å²) in [5.74, 6) is 4.48. The molecule has 6 bridgehead atoms. The fourth-order valence-electron chi connectivity index (χ4n) is 7.89. The van der Waals surface area contributed by atoms with Crippen LogP contribution >= 0.6 is 0 Å². The molecule has 0 saturated heterocycles. The van der Waals surface area contributed by atoms with Crippen molar-refractivity contribution < 1.29 is 33.2 Å². The van der Waals surface area contributed by atoms with E-state index in [1.54, 1.807) is 34.5 Å². The molecule has 0 spiro atoms. The number of ether oxygens (including phenoxy) is 6. The third kappa shape index (κ3) is 7.13. The van der Waals surface area contributed by atoms with Crippen LogP contribution < -0.4 is 33.7 Å². The number of allylic oxidation sites excluding steroid dienone is 1. The fraction of sp³-hybridized carbons (Fsp3) is 0.372. The molecule has 0 unspecified atom stereocenters. The van der Waals surface area contributed by atoms with Gasteiger partial charge in [0.2, 0.25) is 11.7 Å². The number of benzene rings is 4. The monoisotopic (exact) mass is 719 g/mol. The molecule has 4 aromatic carbocycles.